The Hall–Kier alpha value is -4.16. The van der Waals surface area contributed by atoms with Gasteiger partial charge in [0.15, 0.2) is 5.13 Å². The van der Waals surface area contributed by atoms with Crippen LogP contribution in [0.15, 0.2) is 41.4 Å². The van der Waals surface area contributed by atoms with Crippen molar-refractivity contribution < 1.29 is 36.2 Å². The van der Waals surface area contributed by atoms with Gasteiger partial charge in [0.25, 0.3) is 10.0 Å². The molecule has 2 aromatic carbocycles. The summed E-state index contributed by atoms with van der Waals surface area (Å²) in [5.74, 6) is -0.418. The van der Waals surface area contributed by atoms with Crippen molar-refractivity contribution in [3.63, 3.8) is 0 Å². The molecule has 0 aliphatic rings. The number of hydrogen-bond acceptors (Lipinski definition) is 10. The maximum absolute atomic E-state index is 15.8. The second kappa shape index (κ2) is 14.7. The highest BCUT2D eigenvalue weighted by Crippen LogP contribution is 2.35. The van der Waals surface area contributed by atoms with Crippen LogP contribution in [0.1, 0.15) is 59.1 Å². The van der Waals surface area contributed by atoms with Gasteiger partial charge in [-0.15, -0.1) is 0 Å². The highest BCUT2D eigenvalue weighted by molar-refractivity contribution is 7.93. The topological polar surface area (TPSA) is 134 Å². The minimum absolute atomic E-state index is 0.0316. The molecule has 0 aliphatic carbocycles. The average molecular weight is 694 g/mol. The van der Waals surface area contributed by atoms with Crippen molar-refractivity contribution in [2.45, 2.75) is 71.0 Å². The van der Waals surface area contributed by atoms with Crippen LogP contribution < -0.4 is 19.1 Å². The van der Waals surface area contributed by atoms with Gasteiger partial charge in [0, 0.05) is 25.2 Å². The van der Waals surface area contributed by atoms with Gasteiger partial charge < -0.3 is 24.4 Å². The number of aromatic nitrogens is 1. The highest BCUT2D eigenvalue weighted by Gasteiger charge is 2.33. The largest absolute Gasteiger partial charge is 0.497 e. The quantitative estimate of drug-likeness (QED) is 0.218. The van der Waals surface area contributed by atoms with Gasteiger partial charge in [-0.3, -0.25) is 0 Å². The van der Waals surface area contributed by atoms with Crippen LogP contribution >= 0.6 is 11.3 Å². The summed E-state index contributed by atoms with van der Waals surface area (Å²) >= 11 is 0.462. The van der Waals surface area contributed by atoms with Crippen molar-refractivity contribution in [1.29, 1.82) is 5.26 Å². The zero-order chi connectivity index (χ0) is 35.3. The van der Waals surface area contributed by atoms with E-state index in [4.69, 9.17) is 14.2 Å². The fourth-order valence-corrected chi connectivity index (χ4v) is 6.96. The molecule has 1 atom stereocenters. The molecule has 0 aliphatic heterocycles. The van der Waals surface area contributed by atoms with Gasteiger partial charge in [-0.25, -0.2) is 26.9 Å². The highest BCUT2D eigenvalue weighted by atomic mass is 32.2. The van der Waals surface area contributed by atoms with Crippen molar-refractivity contribution in [3.05, 3.63) is 58.6 Å². The molecule has 1 amide bonds. The van der Waals surface area contributed by atoms with Crippen molar-refractivity contribution in [2.75, 3.05) is 37.4 Å². The predicted molar refractivity (Wildman–Crippen MR) is 176 cm³/mol. The van der Waals surface area contributed by atoms with E-state index >= 15 is 4.39 Å². The second-order valence-electron chi connectivity index (χ2n) is 13.0. The Kier molecular flexibility index (Phi) is 11.7. The summed E-state index contributed by atoms with van der Waals surface area (Å²) in [6.07, 6.45) is 0.842. The molecular formula is C32H41F2N5O6S2. The summed E-state index contributed by atoms with van der Waals surface area (Å²) in [6.45, 7) is 11.0. The number of thiazole rings is 1. The Balaban J connectivity index is 2.01. The van der Waals surface area contributed by atoms with Crippen LogP contribution in [0.25, 0.3) is 0 Å². The van der Waals surface area contributed by atoms with Crippen LogP contribution in [0.2, 0.25) is 0 Å². The summed E-state index contributed by atoms with van der Waals surface area (Å²) in [5.41, 5.74) is -0.698. The van der Waals surface area contributed by atoms with E-state index in [9.17, 15) is 22.9 Å². The number of rotatable bonds is 12. The van der Waals surface area contributed by atoms with Gasteiger partial charge in [0.05, 0.1) is 44.3 Å². The third-order valence-electron chi connectivity index (χ3n) is 6.85. The summed E-state index contributed by atoms with van der Waals surface area (Å²) in [4.78, 5) is 17.4. The molecule has 11 nitrogen and oxygen atoms in total. The normalized spacial score (nSPS) is 12.6. The molecule has 0 radical (unpaired) electrons. The summed E-state index contributed by atoms with van der Waals surface area (Å²) in [5, 5.41) is 12.0. The van der Waals surface area contributed by atoms with Crippen LogP contribution in [0, 0.1) is 27.7 Å². The Morgan fingerprint density at radius 3 is 2.32 bits per heavy atom. The first-order chi connectivity index (χ1) is 21.8. The molecule has 0 saturated carbocycles. The minimum atomic E-state index is -4.75. The lowest BCUT2D eigenvalue weighted by molar-refractivity contribution is 0.0199. The number of nitriles is 1. The van der Waals surface area contributed by atoms with Gasteiger partial charge in [-0.1, -0.05) is 32.1 Å². The van der Waals surface area contributed by atoms with Crippen LogP contribution in [0.4, 0.5) is 24.4 Å². The van der Waals surface area contributed by atoms with Crippen molar-refractivity contribution in [3.8, 4) is 17.6 Å². The number of nitrogens with zero attached hydrogens (tertiary/aromatic N) is 4. The fourth-order valence-electron chi connectivity index (χ4n) is 4.63. The molecule has 0 spiro atoms. The lowest BCUT2D eigenvalue weighted by atomic mass is 9.87. The predicted octanol–water partition coefficient (Wildman–Crippen LogP) is 6.79. The molecule has 0 saturated heterocycles. The number of halogens is 2. The third-order valence-corrected chi connectivity index (χ3v) is 9.53. The minimum Gasteiger partial charge on any atom is -0.497 e. The molecule has 3 aromatic rings. The molecule has 256 valence electrons. The smallest absolute Gasteiger partial charge is 0.410 e. The van der Waals surface area contributed by atoms with Crippen molar-refractivity contribution >= 4 is 38.3 Å². The number of likely N-dealkylation sites (N-methyl/N-ethyl adjacent to an activating group) is 1. The number of nitrogens with one attached hydrogen (secondary N) is 1. The first kappa shape index (κ1) is 37.3. The molecule has 15 heteroatoms. The number of benzene rings is 2. The second-order valence-corrected chi connectivity index (χ2v) is 15.8. The zero-order valence-corrected chi connectivity index (χ0v) is 29.6. The van der Waals surface area contributed by atoms with Gasteiger partial charge in [-0.05, 0) is 56.9 Å². The van der Waals surface area contributed by atoms with E-state index < -0.39 is 50.1 Å². The summed E-state index contributed by atoms with van der Waals surface area (Å²) < 4.78 is 74.9. The molecule has 0 bridgehead atoms. The number of ether oxygens (including phenoxy) is 3. The van der Waals surface area contributed by atoms with E-state index in [2.05, 4.69) is 10.3 Å². The fraction of sp³-hybridized carbons (Fsp3) is 0.469. The molecular weight excluding hydrogens is 653 g/mol. The lowest BCUT2D eigenvalue weighted by Crippen LogP contribution is -2.45. The van der Waals surface area contributed by atoms with E-state index in [-0.39, 0.29) is 34.1 Å². The number of methoxy groups -OCH3 is 2. The third kappa shape index (κ3) is 9.68. The molecule has 1 heterocycles. The molecule has 3 rings (SSSR count). The molecule has 0 unspecified atom stereocenters. The summed E-state index contributed by atoms with van der Waals surface area (Å²) in [7, 11) is -0.303. The average Bonchev–Trinajstić information content (AvgIpc) is 3.41. The first-order valence-corrected chi connectivity index (χ1v) is 16.8. The van der Waals surface area contributed by atoms with Crippen LogP contribution in [0.5, 0.6) is 11.5 Å². The van der Waals surface area contributed by atoms with Crippen LogP contribution in [0.3, 0.4) is 0 Å². The Bertz CT molecular complexity index is 1730. The zero-order valence-electron chi connectivity index (χ0n) is 28.0. The van der Waals surface area contributed by atoms with Crippen molar-refractivity contribution in [2.24, 2.45) is 5.41 Å². The number of hydrogen-bond donors (Lipinski definition) is 1. The van der Waals surface area contributed by atoms with Gasteiger partial charge in [0.1, 0.15) is 33.9 Å². The van der Waals surface area contributed by atoms with E-state index in [1.807, 2.05) is 26.8 Å². The maximum Gasteiger partial charge on any atom is 0.410 e. The standard InChI is InChI=1S/C32H41F2N5O6S2/c1-31(2,3)15-22(38(7)30(40)45-32(4,5)6)17-36-25-14-24(33)27(12-21(25)16-35)47(41,42)39(29-37-18-28(34)46-29)19-20-10-11-23(43-8)13-26(20)44-9/h10-14,18,22,36H,15,17,19H2,1-9H3/t22-/m0/s1. The number of amides is 1. The summed E-state index contributed by atoms with van der Waals surface area (Å²) in [6, 6.07) is 8.04. The van der Waals surface area contributed by atoms with E-state index in [0.717, 1.165) is 22.6 Å². The number of anilines is 2. The van der Waals surface area contributed by atoms with E-state index in [0.29, 0.717) is 29.1 Å². The number of carbonyl (C=O) groups excluding carboxylic acids is 1. The van der Waals surface area contributed by atoms with Crippen LogP contribution in [-0.4, -0.2) is 63.8 Å². The number of carbonyl (C=O) groups is 1. The van der Waals surface area contributed by atoms with E-state index in [1.165, 1.54) is 19.1 Å². The first-order valence-electron chi connectivity index (χ1n) is 14.6. The SMILES string of the molecule is COc1ccc(CN(c2ncc(F)s2)S(=O)(=O)c2cc(C#N)c(NC[C@H](CC(C)(C)C)N(C)C(=O)OC(C)(C)C)cc2F)c(OC)c1. The molecule has 1 aromatic heterocycles. The van der Waals surface area contributed by atoms with E-state index in [1.54, 1.807) is 46.0 Å². The number of sulfonamides is 1. The monoisotopic (exact) mass is 693 g/mol. The molecule has 1 N–H and O–H groups in total. The van der Waals surface area contributed by atoms with Crippen molar-refractivity contribution in [1.82, 2.24) is 9.88 Å². The Morgan fingerprint density at radius 1 is 1.11 bits per heavy atom. The van der Waals surface area contributed by atoms with Gasteiger partial charge in [0.2, 0.25) is 5.13 Å². The Labute approximate surface area is 279 Å². The molecule has 0 fully saturated rings. The van der Waals surface area contributed by atoms with Gasteiger partial charge >= 0.3 is 6.09 Å². The maximum atomic E-state index is 15.8. The molecule has 47 heavy (non-hydrogen) atoms. The lowest BCUT2D eigenvalue weighted by Gasteiger charge is -2.34. The Morgan fingerprint density at radius 2 is 1.79 bits per heavy atom. The van der Waals surface area contributed by atoms with Gasteiger partial charge in [-0.2, -0.15) is 9.65 Å². The van der Waals surface area contributed by atoms with Crippen LogP contribution in [-0.2, 0) is 21.3 Å².